The molecule has 61 heavy (non-hydrogen) atoms. The average molecular weight is 892 g/mol. The molecule has 0 saturated carbocycles. The first-order chi connectivity index (χ1) is 28.9. The van der Waals surface area contributed by atoms with Crippen molar-refractivity contribution in [1.29, 1.82) is 0 Å². The standard InChI is InChI=1S/C22H22ClN3O5.C18H13ClF3NO7/c1-14(2)26-29-11-10-28-22(27)15(3)30-17-5-7-18(8-6-17)31-21-13-24-20-12-16(23)4-9-19(20)25-21;1-2-28-16(24)9-29-17(25)12-8-11(4-5-14(12)23(26)27)30-15-6-3-10(7-13(15)19)18(20,21)22/h4-9,12-13,15H,10-11H2,1-3H3;3-8H,2,9H2,1H3/t15-;/m1./s1. The fourth-order valence-electron chi connectivity index (χ4n) is 4.64. The van der Waals surface area contributed by atoms with Gasteiger partial charge in [0.05, 0.1) is 45.1 Å². The largest absolute Gasteiger partial charge is 0.479 e. The normalized spacial score (nSPS) is 11.2. The first-order valence-corrected chi connectivity index (χ1v) is 18.5. The maximum Gasteiger partial charge on any atom is 0.416 e. The summed E-state index contributed by atoms with van der Waals surface area (Å²) in [7, 11) is 0. The van der Waals surface area contributed by atoms with Gasteiger partial charge >= 0.3 is 24.1 Å². The predicted octanol–water partition coefficient (Wildman–Crippen LogP) is 9.58. The molecule has 0 aliphatic heterocycles. The molecule has 4 aromatic carbocycles. The van der Waals surface area contributed by atoms with Gasteiger partial charge in [-0.2, -0.15) is 13.2 Å². The van der Waals surface area contributed by atoms with Crippen LogP contribution in [-0.2, 0) is 34.8 Å². The van der Waals surface area contributed by atoms with Gasteiger partial charge in [0.25, 0.3) is 5.69 Å². The van der Waals surface area contributed by atoms with E-state index in [-0.39, 0.29) is 36.3 Å². The highest BCUT2D eigenvalue weighted by atomic mass is 35.5. The van der Waals surface area contributed by atoms with Gasteiger partial charge in [0.1, 0.15) is 35.2 Å². The summed E-state index contributed by atoms with van der Waals surface area (Å²) in [4.78, 5) is 59.4. The van der Waals surface area contributed by atoms with E-state index in [0.29, 0.717) is 39.5 Å². The molecule has 0 amide bonds. The lowest BCUT2D eigenvalue weighted by molar-refractivity contribution is -0.385. The molecule has 0 N–H and O–H groups in total. The number of fused-ring (bicyclic) bond motifs is 1. The number of hydrogen-bond donors (Lipinski definition) is 0. The number of rotatable bonds is 16. The summed E-state index contributed by atoms with van der Waals surface area (Å²) in [5.74, 6) is -1.45. The predicted molar refractivity (Wildman–Crippen MR) is 213 cm³/mol. The third kappa shape index (κ3) is 14.8. The number of carbonyl (C=O) groups excluding carboxylic acids is 3. The Bertz CT molecular complexity index is 2380. The number of ether oxygens (including phenoxy) is 6. The summed E-state index contributed by atoms with van der Waals surface area (Å²) in [6.07, 6.45) is -3.86. The van der Waals surface area contributed by atoms with E-state index in [2.05, 4.69) is 19.9 Å². The molecule has 0 aliphatic carbocycles. The molecule has 0 aliphatic rings. The van der Waals surface area contributed by atoms with E-state index in [1.165, 1.54) is 13.1 Å². The Labute approximate surface area is 355 Å². The molecule has 16 nitrogen and oxygen atoms in total. The number of alkyl halides is 3. The minimum Gasteiger partial charge on any atom is -0.479 e. The van der Waals surface area contributed by atoms with Crippen molar-refractivity contribution >= 4 is 63.5 Å². The van der Waals surface area contributed by atoms with Gasteiger partial charge in [0, 0.05) is 17.2 Å². The summed E-state index contributed by atoms with van der Waals surface area (Å²) in [5.41, 5.74) is -0.0140. The number of nitrogens with zero attached hydrogens (tertiary/aromatic N) is 4. The average Bonchev–Trinajstić information content (AvgIpc) is 3.21. The van der Waals surface area contributed by atoms with Gasteiger partial charge in [-0.25, -0.2) is 24.4 Å². The molecular formula is C40H35Cl2F3N4O12. The van der Waals surface area contributed by atoms with Gasteiger partial charge in [-0.1, -0.05) is 28.4 Å². The first-order valence-electron chi connectivity index (χ1n) is 17.8. The fourth-order valence-corrected chi connectivity index (χ4v) is 5.03. The maximum absolute atomic E-state index is 12.7. The van der Waals surface area contributed by atoms with Crippen LogP contribution in [0.15, 0.2) is 90.2 Å². The van der Waals surface area contributed by atoms with Crippen LogP contribution in [0.4, 0.5) is 18.9 Å². The second-order valence-corrected chi connectivity index (χ2v) is 13.1. The van der Waals surface area contributed by atoms with E-state index < -0.39 is 58.5 Å². The second-order valence-electron chi connectivity index (χ2n) is 12.3. The van der Waals surface area contributed by atoms with Gasteiger partial charge in [0.2, 0.25) is 5.88 Å². The van der Waals surface area contributed by atoms with Gasteiger partial charge in [-0.3, -0.25) is 10.1 Å². The van der Waals surface area contributed by atoms with Crippen molar-refractivity contribution in [3.8, 4) is 28.9 Å². The van der Waals surface area contributed by atoms with Crippen molar-refractivity contribution in [3.05, 3.63) is 116 Å². The van der Waals surface area contributed by atoms with Crippen LogP contribution in [0.3, 0.4) is 0 Å². The molecule has 5 aromatic rings. The molecule has 1 atom stereocenters. The van der Waals surface area contributed by atoms with E-state index >= 15 is 0 Å². The molecular weight excluding hydrogens is 856 g/mol. The van der Waals surface area contributed by atoms with E-state index in [1.807, 2.05) is 13.8 Å². The Hall–Kier alpha value is -6.73. The van der Waals surface area contributed by atoms with E-state index in [0.717, 1.165) is 36.0 Å². The highest BCUT2D eigenvalue weighted by molar-refractivity contribution is 6.32. The quantitative estimate of drug-likeness (QED) is 0.0227. The number of nitro groups is 1. The van der Waals surface area contributed by atoms with E-state index in [1.54, 1.807) is 49.4 Å². The molecule has 0 unspecified atom stereocenters. The number of aromatic nitrogens is 2. The summed E-state index contributed by atoms with van der Waals surface area (Å²) >= 11 is 11.8. The fraction of sp³-hybridized carbons (Fsp3) is 0.250. The minimum absolute atomic E-state index is 0.0493. The van der Waals surface area contributed by atoms with Crippen LogP contribution in [0.25, 0.3) is 11.0 Å². The SMILES string of the molecule is CC(C)=NOCCOC(=O)[C@@H](C)Oc1ccc(Oc2cnc3cc(Cl)ccc3n2)cc1.CCOC(=O)COC(=O)c1cc(Oc2ccc(C(F)(F)F)cc2Cl)ccc1[N+](=O)[O-]. The number of hydrogen-bond acceptors (Lipinski definition) is 15. The summed E-state index contributed by atoms with van der Waals surface area (Å²) < 4.78 is 69.2. The van der Waals surface area contributed by atoms with E-state index in [4.69, 9.17) is 51.7 Å². The lowest BCUT2D eigenvalue weighted by atomic mass is 10.1. The van der Waals surface area contributed by atoms with Crippen LogP contribution in [0.2, 0.25) is 10.0 Å². The van der Waals surface area contributed by atoms with Crippen molar-refractivity contribution in [2.45, 2.75) is 40.0 Å². The number of nitro benzene ring substituents is 1. The molecule has 322 valence electrons. The smallest absolute Gasteiger partial charge is 0.416 e. The van der Waals surface area contributed by atoms with Crippen molar-refractivity contribution in [1.82, 2.24) is 9.97 Å². The van der Waals surface area contributed by atoms with Crippen LogP contribution in [0, 0.1) is 10.1 Å². The molecule has 0 spiro atoms. The number of carbonyl (C=O) groups is 3. The first kappa shape index (κ1) is 47.0. The summed E-state index contributed by atoms with van der Waals surface area (Å²) in [5, 5.41) is 15.1. The lowest BCUT2D eigenvalue weighted by Gasteiger charge is -2.14. The number of oxime groups is 1. The third-order valence-electron chi connectivity index (χ3n) is 7.34. The molecule has 1 heterocycles. The minimum atomic E-state index is -4.61. The number of esters is 3. The molecule has 0 saturated heterocycles. The van der Waals surface area contributed by atoms with Crippen molar-refractivity contribution in [2.24, 2.45) is 5.16 Å². The summed E-state index contributed by atoms with van der Waals surface area (Å²) in [6.45, 7) is 6.33. The molecule has 0 bridgehead atoms. The highest BCUT2D eigenvalue weighted by Gasteiger charge is 2.31. The van der Waals surface area contributed by atoms with Crippen LogP contribution in [0.1, 0.15) is 43.6 Å². The zero-order valence-electron chi connectivity index (χ0n) is 32.6. The monoisotopic (exact) mass is 890 g/mol. The summed E-state index contributed by atoms with van der Waals surface area (Å²) in [6, 6.07) is 17.4. The van der Waals surface area contributed by atoms with Crippen molar-refractivity contribution in [3.63, 3.8) is 0 Å². The van der Waals surface area contributed by atoms with Crippen LogP contribution in [0.5, 0.6) is 28.9 Å². The number of benzene rings is 4. The van der Waals surface area contributed by atoms with Crippen molar-refractivity contribution in [2.75, 3.05) is 26.4 Å². The van der Waals surface area contributed by atoms with Crippen LogP contribution >= 0.6 is 23.2 Å². The zero-order valence-corrected chi connectivity index (χ0v) is 34.1. The number of halogens is 5. The second kappa shape index (κ2) is 22.0. The molecule has 21 heteroatoms. The van der Waals surface area contributed by atoms with Gasteiger partial charge < -0.3 is 33.3 Å². The molecule has 0 radical (unpaired) electrons. The van der Waals surface area contributed by atoms with Gasteiger partial charge in [0.15, 0.2) is 19.3 Å². The Morgan fingerprint density at radius 2 is 1.56 bits per heavy atom. The third-order valence-corrected chi connectivity index (χ3v) is 7.87. The Kier molecular flexibility index (Phi) is 17.0. The van der Waals surface area contributed by atoms with Crippen LogP contribution < -0.4 is 14.2 Å². The van der Waals surface area contributed by atoms with Gasteiger partial charge in [-0.05, 0) is 94.4 Å². The lowest BCUT2D eigenvalue weighted by Crippen LogP contribution is -2.27. The molecule has 5 rings (SSSR count). The van der Waals surface area contributed by atoms with Gasteiger partial charge in [-0.15, -0.1) is 0 Å². The maximum atomic E-state index is 12.7. The molecule has 1 aromatic heterocycles. The Morgan fingerprint density at radius 3 is 2.21 bits per heavy atom. The topological polar surface area (TPSA) is 197 Å². The highest BCUT2D eigenvalue weighted by Crippen LogP contribution is 2.37. The molecule has 0 fully saturated rings. The van der Waals surface area contributed by atoms with Crippen molar-refractivity contribution < 1.29 is 65.7 Å². The Balaban J connectivity index is 0.000000269. The Morgan fingerprint density at radius 1 is 0.852 bits per heavy atom. The van der Waals surface area contributed by atoms with Crippen LogP contribution in [-0.4, -0.2) is 71.0 Å². The van der Waals surface area contributed by atoms with E-state index in [9.17, 15) is 37.7 Å². The zero-order chi connectivity index (χ0) is 44.7.